The smallest absolute Gasteiger partial charge is 0.475 e. The van der Waals surface area contributed by atoms with E-state index >= 15 is 0 Å². The third-order valence-corrected chi connectivity index (χ3v) is 5.90. The van der Waals surface area contributed by atoms with Crippen molar-refractivity contribution in [1.82, 2.24) is 19.6 Å². The number of aromatic nitrogens is 2. The maximum Gasteiger partial charge on any atom is 0.490 e. The third-order valence-electron chi connectivity index (χ3n) is 5.90. The van der Waals surface area contributed by atoms with E-state index in [9.17, 15) is 26.3 Å². The largest absolute Gasteiger partial charge is 0.490 e. The quantitative estimate of drug-likeness (QED) is 0.543. The standard InChI is InChI=1S/C20H28N4.2C2HF3O2/c1-2-6-18(7-3-1)9-13-23-15-19(14-22-11-4-5-12-22)16-24-20(17-23)8-10-21-24;2*3-2(4,5)1(6)7/h1-3,6-8,10,19H,4-5,9,11-17H2;2*(H,6,7). The normalized spacial score (nSPS) is 18.3. The Morgan fingerprint density at radius 2 is 1.42 bits per heavy atom. The Kier molecular flexibility index (Phi) is 11.6. The van der Waals surface area contributed by atoms with Crippen molar-refractivity contribution in [3.05, 3.63) is 53.9 Å². The molecule has 1 saturated heterocycles. The minimum absolute atomic E-state index is 0.681. The van der Waals surface area contributed by atoms with Crippen LogP contribution in [-0.4, -0.2) is 86.8 Å². The molecule has 38 heavy (non-hydrogen) atoms. The summed E-state index contributed by atoms with van der Waals surface area (Å²) >= 11 is 0. The lowest BCUT2D eigenvalue weighted by Gasteiger charge is -2.27. The number of carboxylic acid groups (broad SMARTS) is 2. The van der Waals surface area contributed by atoms with Crippen molar-refractivity contribution in [1.29, 1.82) is 0 Å². The molecule has 4 rings (SSSR count). The fourth-order valence-electron chi connectivity index (χ4n) is 4.17. The van der Waals surface area contributed by atoms with Gasteiger partial charge in [-0.3, -0.25) is 9.58 Å². The van der Waals surface area contributed by atoms with Crippen LogP contribution in [0.25, 0.3) is 0 Å². The van der Waals surface area contributed by atoms with Crippen LogP contribution in [0.2, 0.25) is 0 Å². The second kappa shape index (κ2) is 14.1. The highest BCUT2D eigenvalue weighted by Gasteiger charge is 2.38. The van der Waals surface area contributed by atoms with Gasteiger partial charge in [0.05, 0.1) is 5.69 Å². The van der Waals surface area contributed by atoms with Crippen LogP contribution in [0.15, 0.2) is 42.6 Å². The molecule has 1 atom stereocenters. The molecule has 2 N–H and O–H groups in total. The first-order valence-corrected chi connectivity index (χ1v) is 11.8. The van der Waals surface area contributed by atoms with Crippen molar-refractivity contribution >= 4 is 11.9 Å². The van der Waals surface area contributed by atoms with Gasteiger partial charge in [-0.2, -0.15) is 31.4 Å². The summed E-state index contributed by atoms with van der Waals surface area (Å²) in [5, 5.41) is 18.8. The molecule has 1 fully saturated rings. The van der Waals surface area contributed by atoms with Crippen LogP contribution in [0.1, 0.15) is 24.1 Å². The Hall–Kier alpha value is -3.13. The van der Waals surface area contributed by atoms with Crippen molar-refractivity contribution in [3.63, 3.8) is 0 Å². The molecule has 8 nitrogen and oxygen atoms in total. The summed E-state index contributed by atoms with van der Waals surface area (Å²) in [6.45, 7) is 8.21. The van der Waals surface area contributed by atoms with Gasteiger partial charge in [-0.15, -0.1) is 0 Å². The highest BCUT2D eigenvalue weighted by atomic mass is 19.4. The monoisotopic (exact) mass is 552 g/mol. The molecular formula is C24H30F6N4O4. The van der Waals surface area contributed by atoms with Crippen LogP contribution in [-0.2, 0) is 29.1 Å². The van der Waals surface area contributed by atoms with Gasteiger partial charge in [0, 0.05) is 44.8 Å². The molecule has 2 aromatic rings. The number of carbonyl (C=O) groups is 2. The van der Waals surface area contributed by atoms with Crippen molar-refractivity contribution < 1.29 is 46.1 Å². The number of alkyl halides is 6. The van der Waals surface area contributed by atoms with Crippen LogP contribution < -0.4 is 0 Å². The molecule has 1 unspecified atom stereocenters. The fraction of sp³-hybridized carbons (Fsp3) is 0.542. The second-order valence-corrected chi connectivity index (χ2v) is 8.95. The number of nitrogens with zero attached hydrogens (tertiary/aromatic N) is 4. The molecule has 2 aliphatic rings. The molecule has 2 aliphatic heterocycles. The van der Waals surface area contributed by atoms with Gasteiger partial charge in [0.1, 0.15) is 0 Å². The Labute approximate surface area is 215 Å². The number of fused-ring (bicyclic) bond motifs is 1. The molecule has 0 aliphatic carbocycles. The molecule has 1 aromatic heterocycles. The summed E-state index contributed by atoms with van der Waals surface area (Å²) in [7, 11) is 0. The molecule has 0 radical (unpaired) electrons. The van der Waals surface area contributed by atoms with Gasteiger partial charge in [0.15, 0.2) is 0 Å². The average molecular weight is 553 g/mol. The summed E-state index contributed by atoms with van der Waals surface area (Å²) in [6, 6.07) is 13.0. The Balaban J connectivity index is 0.000000301. The zero-order valence-electron chi connectivity index (χ0n) is 20.5. The molecule has 0 amide bonds. The molecule has 0 saturated carbocycles. The zero-order chi connectivity index (χ0) is 28.3. The number of carboxylic acids is 2. The lowest BCUT2D eigenvalue weighted by molar-refractivity contribution is -0.193. The van der Waals surface area contributed by atoms with Crippen molar-refractivity contribution in [2.45, 2.75) is 44.7 Å². The number of aliphatic carboxylic acids is 2. The van der Waals surface area contributed by atoms with Crippen LogP contribution >= 0.6 is 0 Å². The van der Waals surface area contributed by atoms with Crippen LogP contribution in [0.3, 0.4) is 0 Å². The van der Waals surface area contributed by atoms with Gasteiger partial charge in [-0.1, -0.05) is 30.3 Å². The average Bonchev–Trinajstić information content (AvgIpc) is 3.47. The topological polar surface area (TPSA) is 98.9 Å². The molecule has 1 aromatic carbocycles. The van der Waals surface area contributed by atoms with Gasteiger partial charge in [0.25, 0.3) is 0 Å². The fourth-order valence-corrected chi connectivity index (χ4v) is 4.17. The molecule has 3 heterocycles. The predicted molar refractivity (Wildman–Crippen MR) is 124 cm³/mol. The number of hydrogen-bond acceptors (Lipinski definition) is 5. The summed E-state index contributed by atoms with van der Waals surface area (Å²) in [4.78, 5) is 23.1. The Morgan fingerprint density at radius 3 is 1.95 bits per heavy atom. The SMILES string of the molecule is O=C(O)C(F)(F)F.O=C(O)C(F)(F)F.c1ccc(CCN2Cc3ccnn3CC(CN3CCCC3)C2)cc1. The van der Waals surface area contributed by atoms with E-state index in [0.29, 0.717) is 5.92 Å². The third kappa shape index (κ3) is 11.1. The minimum Gasteiger partial charge on any atom is -0.475 e. The molecule has 0 bridgehead atoms. The number of hydrogen-bond donors (Lipinski definition) is 2. The van der Waals surface area contributed by atoms with E-state index in [1.54, 1.807) is 0 Å². The van der Waals surface area contributed by atoms with Gasteiger partial charge in [-0.05, 0) is 44.0 Å². The Morgan fingerprint density at radius 1 is 0.868 bits per heavy atom. The van der Waals surface area contributed by atoms with E-state index in [1.807, 2.05) is 6.20 Å². The lowest BCUT2D eigenvalue weighted by Crippen LogP contribution is -2.36. The maximum atomic E-state index is 10.6. The summed E-state index contributed by atoms with van der Waals surface area (Å²) in [5.74, 6) is -4.83. The maximum absolute atomic E-state index is 10.6. The van der Waals surface area contributed by atoms with E-state index < -0.39 is 24.3 Å². The first kappa shape index (κ1) is 31.1. The highest BCUT2D eigenvalue weighted by Crippen LogP contribution is 2.19. The zero-order valence-corrected chi connectivity index (χ0v) is 20.5. The molecule has 14 heteroatoms. The second-order valence-electron chi connectivity index (χ2n) is 8.95. The lowest BCUT2D eigenvalue weighted by atomic mass is 10.1. The van der Waals surface area contributed by atoms with Gasteiger partial charge in [-0.25, -0.2) is 9.59 Å². The van der Waals surface area contributed by atoms with Crippen molar-refractivity contribution in [2.75, 3.05) is 32.7 Å². The molecule has 0 spiro atoms. The number of rotatable bonds is 5. The van der Waals surface area contributed by atoms with E-state index in [-0.39, 0.29) is 0 Å². The van der Waals surface area contributed by atoms with Gasteiger partial charge < -0.3 is 15.1 Å². The van der Waals surface area contributed by atoms with Gasteiger partial charge >= 0.3 is 24.3 Å². The summed E-state index contributed by atoms with van der Waals surface area (Å²) < 4.78 is 65.7. The summed E-state index contributed by atoms with van der Waals surface area (Å²) in [6.07, 6.45) is -4.33. The van der Waals surface area contributed by atoms with E-state index in [4.69, 9.17) is 19.8 Å². The van der Waals surface area contributed by atoms with Crippen LogP contribution in [0, 0.1) is 5.92 Å². The first-order valence-electron chi connectivity index (χ1n) is 11.8. The number of likely N-dealkylation sites (tertiary alicyclic amines) is 1. The van der Waals surface area contributed by atoms with Crippen molar-refractivity contribution in [2.24, 2.45) is 5.92 Å². The predicted octanol–water partition coefficient (Wildman–Crippen LogP) is 3.92. The summed E-state index contributed by atoms with van der Waals surface area (Å²) in [5.41, 5.74) is 2.80. The minimum atomic E-state index is -5.08. The van der Waals surface area contributed by atoms with Gasteiger partial charge in [0.2, 0.25) is 0 Å². The Bertz CT molecular complexity index is 983. The van der Waals surface area contributed by atoms with Crippen LogP contribution in [0.5, 0.6) is 0 Å². The number of halogens is 6. The van der Waals surface area contributed by atoms with Crippen molar-refractivity contribution in [3.8, 4) is 0 Å². The van der Waals surface area contributed by atoms with E-state index in [0.717, 1.165) is 26.1 Å². The van der Waals surface area contributed by atoms with E-state index in [2.05, 4.69) is 56.0 Å². The molecule has 212 valence electrons. The highest BCUT2D eigenvalue weighted by molar-refractivity contribution is 5.73. The van der Waals surface area contributed by atoms with E-state index in [1.165, 1.54) is 50.3 Å². The number of benzene rings is 1. The van der Waals surface area contributed by atoms with Crippen LogP contribution in [0.4, 0.5) is 26.3 Å². The first-order chi connectivity index (χ1) is 17.8. The molecular weight excluding hydrogens is 522 g/mol.